The summed E-state index contributed by atoms with van der Waals surface area (Å²) in [7, 11) is 0. The van der Waals surface area contributed by atoms with Crippen LogP contribution >= 0.6 is 0 Å². The first-order chi connectivity index (χ1) is 17.2. The molecule has 194 valence electrons. The molecule has 6 N–H and O–H groups in total. The molecule has 0 fully saturated rings. The number of nitrogens with one attached hydrogen (secondary N) is 3. The second-order valence-electron chi connectivity index (χ2n) is 8.36. The Labute approximate surface area is 207 Å². The molecule has 0 radical (unpaired) electrons. The van der Waals surface area contributed by atoms with E-state index in [2.05, 4.69) is 22.0 Å². The van der Waals surface area contributed by atoms with Crippen LogP contribution in [-0.4, -0.2) is 63.8 Å². The minimum atomic E-state index is -1.46. The Morgan fingerprint density at radius 1 is 0.750 bits per heavy atom. The smallest absolute Gasteiger partial charge is 0.326 e. The molecule has 0 unspecified atom stereocenters. The number of carboxylic acids is 3. The Balaban J connectivity index is 1.68. The van der Waals surface area contributed by atoms with Gasteiger partial charge in [0.2, 0.25) is 5.91 Å². The Kier molecular flexibility index (Phi) is 11.2. The zero-order valence-electron chi connectivity index (χ0n) is 19.7. The molecule has 0 bridgehead atoms. The minimum absolute atomic E-state index is 0.0720. The van der Waals surface area contributed by atoms with Gasteiger partial charge in [-0.05, 0) is 48.4 Å². The van der Waals surface area contributed by atoms with Crippen LogP contribution in [0.1, 0.15) is 44.1 Å². The van der Waals surface area contributed by atoms with Crippen LogP contribution in [0.15, 0.2) is 42.5 Å². The Morgan fingerprint density at radius 2 is 1.39 bits per heavy atom. The predicted octanol–water partition coefficient (Wildman–Crippen LogP) is 2.13. The molecule has 0 spiro atoms. The third-order valence-electron chi connectivity index (χ3n) is 5.55. The number of benzene rings is 2. The van der Waals surface area contributed by atoms with Gasteiger partial charge in [-0.3, -0.25) is 9.59 Å². The number of carboxylic acid groups (broad SMARTS) is 3. The Morgan fingerprint density at radius 3 is 2.03 bits per heavy atom. The molecule has 2 atom stereocenters. The summed E-state index contributed by atoms with van der Waals surface area (Å²) >= 11 is 0. The van der Waals surface area contributed by atoms with Gasteiger partial charge in [-0.2, -0.15) is 0 Å². The monoisotopic (exact) mass is 501 g/mol. The molecule has 0 aliphatic carbocycles. The van der Waals surface area contributed by atoms with Crippen molar-refractivity contribution < 1.29 is 39.3 Å². The van der Waals surface area contributed by atoms with Crippen LogP contribution in [0.4, 0.5) is 4.79 Å². The van der Waals surface area contributed by atoms with Gasteiger partial charge in [-0.25, -0.2) is 14.4 Å². The molecule has 0 heterocycles. The SMILES string of the molecule is O=C(O)CC[C@H](NC(=O)N[C@@H](CCCCNC(=O)CCc1ccc2ccccc2c1)C(=O)O)C(=O)O. The van der Waals surface area contributed by atoms with Crippen LogP contribution in [-0.2, 0) is 25.6 Å². The first kappa shape index (κ1) is 28.1. The normalized spacial score (nSPS) is 12.3. The summed E-state index contributed by atoms with van der Waals surface area (Å²) < 4.78 is 0. The third kappa shape index (κ3) is 10.00. The van der Waals surface area contributed by atoms with E-state index in [1.54, 1.807) is 0 Å². The topological polar surface area (TPSA) is 182 Å². The van der Waals surface area contributed by atoms with Gasteiger partial charge >= 0.3 is 23.9 Å². The Bertz CT molecular complexity index is 1090. The van der Waals surface area contributed by atoms with Crippen molar-refractivity contribution in [1.29, 1.82) is 0 Å². The maximum absolute atomic E-state index is 12.1. The van der Waals surface area contributed by atoms with Crippen LogP contribution in [0, 0.1) is 0 Å². The number of hydrogen-bond acceptors (Lipinski definition) is 5. The van der Waals surface area contributed by atoms with Gasteiger partial charge in [-0.15, -0.1) is 0 Å². The van der Waals surface area contributed by atoms with E-state index in [1.165, 1.54) is 0 Å². The highest BCUT2D eigenvalue weighted by Crippen LogP contribution is 2.16. The number of aliphatic carboxylic acids is 3. The van der Waals surface area contributed by atoms with Crippen molar-refractivity contribution in [3.63, 3.8) is 0 Å². The summed E-state index contributed by atoms with van der Waals surface area (Å²) in [5.74, 6) is -4.04. The molecular formula is C25H31N3O8. The predicted molar refractivity (Wildman–Crippen MR) is 131 cm³/mol. The number of fused-ring (bicyclic) bond motifs is 1. The van der Waals surface area contributed by atoms with Crippen molar-refractivity contribution >= 4 is 40.6 Å². The minimum Gasteiger partial charge on any atom is -0.481 e. The Hall–Kier alpha value is -4.15. The highest BCUT2D eigenvalue weighted by Gasteiger charge is 2.24. The summed E-state index contributed by atoms with van der Waals surface area (Å²) in [6, 6.07) is 10.3. The zero-order chi connectivity index (χ0) is 26.5. The summed E-state index contributed by atoms with van der Waals surface area (Å²) in [6.45, 7) is 0.353. The largest absolute Gasteiger partial charge is 0.481 e. The highest BCUT2D eigenvalue weighted by atomic mass is 16.4. The van der Waals surface area contributed by atoms with Crippen LogP contribution in [0.5, 0.6) is 0 Å². The molecule has 2 rings (SSSR count). The van der Waals surface area contributed by atoms with Gasteiger partial charge in [0.15, 0.2) is 0 Å². The number of urea groups is 1. The zero-order valence-corrected chi connectivity index (χ0v) is 19.7. The molecule has 0 aliphatic rings. The van der Waals surface area contributed by atoms with Crippen molar-refractivity contribution in [2.75, 3.05) is 6.54 Å². The fourth-order valence-corrected chi connectivity index (χ4v) is 3.58. The molecule has 2 aromatic carbocycles. The lowest BCUT2D eigenvalue weighted by Gasteiger charge is -2.18. The number of carbonyl (C=O) groups is 5. The van der Waals surface area contributed by atoms with Crippen LogP contribution in [0.25, 0.3) is 10.8 Å². The van der Waals surface area contributed by atoms with Crippen molar-refractivity contribution in [3.05, 3.63) is 48.0 Å². The number of amides is 3. The second-order valence-corrected chi connectivity index (χ2v) is 8.36. The van der Waals surface area contributed by atoms with Gasteiger partial charge < -0.3 is 31.3 Å². The fourth-order valence-electron chi connectivity index (χ4n) is 3.58. The standard InChI is InChI=1S/C25H31N3O8/c29-21(12-9-16-8-10-17-5-1-2-6-18(17)15-16)26-14-4-3-7-19(23(32)33)27-25(36)28-20(24(34)35)11-13-22(30)31/h1-2,5-6,8,10,15,19-20H,3-4,7,9,11-14H2,(H,26,29)(H,30,31)(H,32,33)(H,34,35)(H2,27,28,36)/t19-,20-/m0/s1. The summed E-state index contributed by atoms with van der Waals surface area (Å²) in [5, 5.41) is 36.4. The molecule has 0 aromatic heterocycles. The van der Waals surface area contributed by atoms with E-state index in [-0.39, 0.29) is 18.7 Å². The van der Waals surface area contributed by atoms with Crippen molar-refractivity contribution in [2.24, 2.45) is 0 Å². The first-order valence-electron chi connectivity index (χ1n) is 11.6. The van der Waals surface area contributed by atoms with Crippen LogP contribution in [0.3, 0.4) is 0 Å². The maximum Gasteiger partial charge on any atom is 0.326 e. The number of rotatable bonds is 15. The molecule has 3 amide bonds. The summed E-state index contributed by atoms with van der Waals surface area (Å²) in [4.78, 5) is 57.3. The highest BCUT2D eigenvalue weighted by molar-refractivity contribution is 5.86. The van der Waals surface area contributed by atoms with E-state index in [4.69, 9.17) is 10.2 Å². The average Bonchev–Trinajstić information content (AvgIpc) is 2.83. The quantitative estimate of drug-likeness (QED) is 0.201. The third-order valence-corrected chi connectivity index (χ3v) is 5.55. The fraction of sp³-hybridized carbons (Fsp3) is 0.400. The lowest BCUT2D eigenvalue weighted by Crippen LogP contribution is -2.51. The van der Waals surface area contributed by atoms with Crippen molar-refractivity contribution in [3.8, 4) is 0 Å². The number of carbonyl (C=O) groups excluding carboxylic acids is 2. The van der Waals surface area contributed by atoms with Gasteiger partial charge in [0.05, 0.1) is 0 Å². The molecule has 0 saturated carbocycles. The molecule has 0 saturated heterocycles. The summed E-state index contributed by atoms with van der Waals surface area (Å²) in [6.07, 6.45) is 1.08. The molecule has 11 heteroatoms. The molecule has 11 nitrogen and oxygen atoms in total. The molecule has 0 aliphatic heterocycles. The van der Waals surface area contributed by atoms with Gasteiger partial charge in [0, 0.05) is 19.4 Å². The van der Waals surface area contributed by atoms with E-state index >= 15 is 0 Å². The lowest BCUT2D eigenvalue weighted by atomic mass is 10.0. The van der Waals surface area contributed by atoms with Gasteiger partial charge in [0.1, 0.15) is 12.1 Å². The van der Waals surface area contributed by atoms with Gasteiger partial charge in [0.25, 0.3) is 0 Å². The van der Waals surface area contributed by atoms with E-state index < -0.39 is 42.4 Å². The van der Waals surface area contributed by atoms with Crippen molar-refractivity contribution in [1.82, 2.24) is 16.0 Å². The van der Waals surface area contributed by atoms with Gasteiger partial charge in [-0.1, -0.05) is 42.5 Å². The maximum atomic E-state index is 12.1. The summed E-state index contributed by atoms with van der Waals surface area (Å²) in [5.41, 5.74) is 1.06. The number of unbranched alkanes of at least 4 members (excludes halogenated alkanes) is 1. The average molecular weight is 502 g/mol. The lowest BCUT2D eigenvalue weighted by molar-refractivity contribution is -0.140. The van der Waals surface area contributed by atoms with Crippen LogP contribution < -0.4 is 16.0 Å². The van der Waals surface area contributed by atoms with Crippen LogP contribution in [0.2, 0.25) is 0 Å². The number of aryl methyl sites for hydroxylation is 1. The molecule has 36 heavy (non-hydrogen) atoms. The van der Waals surface area contributed by atoms with E-state index in [9.17, 15) is 29.1 Å². The number of hydrogen-bond donors (Lipinski definition) is 6. The second kappa shape index (κ2) is 14.3. The van der Waals surface area contributed by atoms with E-state index in [0.717, 1.165) is 16.3 Å². The van der Waals surface area contributed by atoms with Crippen molar-refractivity contribution in [2.45, 2.75) is 57.0 Å². The van der Waals surface area contributed by atoms with E-state index in [0.29, 0.717) is 32.2 Å². The molecular weight excluding hydrogens is 470 g/mol. The molecule has 2 aromatic rings. The van der Waals surface area contributed by atoms with E-state index in [1.807, 2.05) is 36.4 Å². The first-order valence-corrected chi connectivity index (χ1v) is 11.6.